The lowest BCUT2D eigenvalue weighted by atomic mass is 9.99. The fourth-order valence-electron chi connectivity index (χ4n) is 3.72. The number of halogens is 1. The molecule has 0 saturated carbocycles. The Morgan fingerprint density at radius 2 is 1.66 bits per heavy atom. The van der Waals surface area contributed by atoms with Gasteiger partial charge in [0.05, 0.1) is 18.2 Å². The van der Waals surface area contributed by atoms with Gasteiger partial charge in [0, 0.05) is 17.0 Å². The van der Waals surface area contributed by atoms with E-state index < -0.39 is 11.2 Å². The molecule has 0 unspecified atom stereocenters. The van der Waals surface area contributed by atoms with Crippen molar-refractivity contribution < 1.29 is 9.13 Å². The number of nitrogens with one attached hydrogen (secondary N) is 1. The summed E-state index contributed by atoms with van der Waals surface area (Å²) in [6, 6.07) is 20.8. The highest BCUT2D eigenvalue weighted by Gasteiger charge is 2.17. The fourth-order valence-corrected chi connectivity index (χ4v) is 4.68. The van der Waals surface area contributed by atoms with E-state index in [1.165, 1.54) is 30.6 Å². The van der Waals surface area contributed by atoms with Crippen molar-refractivity contribution in [2.45, 2.75) is 0 Å². The second-order valence-corrected chi connectivity index (χ2v) is 8.09. The maximum absolute atomic E-state index is 13.5. The molecule has 0 amide bonds. The van der Waals surface area contributed by atoms with Crippen molar-refractivity contribution in [1.29, 1.82) is 0 Å². The first-order valence-corrected chi connectivity index (χ1v) is 10.7. The van der Waals surface area contributed by atoms with E-state index in [4.69, 9.17) is 4.74 Å². The number of hydrogen-bond donors (Lipinski definition) is 1. The third kappa shape index (κ3) is 3.42. The van der Waals surface area contributed by atoms with Crippen molar-refractivity contribution >= 4 is 21.6 Å². The summed E-state index contributed by atoms with van der Waals surface area (Å²) < 4.78 is 19.7. The number of methoxy groups -OCH3 is 1. The maximum Gasteiger partial charge on any atom is 0.334 e. The van der Waals surface area contributed by atoms with Gasteiger partial charge in [0.25, 0.3) is 5.56 Å². The summed E-state index contributed by atoms with van der Waals surface area (Å²) in [5.41, 5.74) is 2.85. The van der Waals surface area contributed by atoms with Gasteiger partial charge >= 0.3 is 5.69 Å². The normalized spacial score (nSPS) is 11.1. The van der Waals surface area contributed by atoms with Crippen LogP contribution in [0.5, 0.6) is 5.75 Å². The molecule has 0 spiro atoms. The monoisotopic (exact) mass is 444 g/mol. The van der Waals surface area contributed by atoms with Crippen molar-refractivity contribution in [2.75, 3.05) is 7.11 Å². The molecule has 2 heterocycles. The SMILES string of the molecule is COc1cccc(-n2c(=O)[nH]c3scc(-c4cccc(-c5ccc(F)cc5)c4)c3c2=O)c1. The quantitative estimate of drug-likeness (QED) is 0.413. The molecule has 0 aliphatic carbocycles. The average Bonchev–Trinajstić information content (AvgIpc) is 3.24. The Morgan fingerprint density at radius 1 is 0.906 bits per heavy atom. The van der Waals surface area contributed by atoms with Gasteiger partial charge in [0.2, 0.25) is 0 Å². The predicted octanol–water partition coefficient (Wildman–Crippen LogP) is 5.22. The summed E-state index contributed by atoms with van der Waals surface area (Å²) in [6.07, 6.45) is 0. The molecule has 32 heavy (non-hydrogen) atoms. The van der Waals surface area contributed by atoms with Crippen LogP contribution in [0.4, 0.5) is 4.39 Å². The Labute approximate surface area is 186 Å². The molecule has 0 fully saturated rings. The Balaban J connectivity index is 1.70. The van der Waals surface area contributed by atoms with Crippen molar-refractivity contribution in [3.63, 3.8) is 0 Å². The molecule has 0 radical (unpaired) electrons. The van der Waals surface area contributed by atoms with Gasteiger partial charge in [-0.05, 0) is 47.0 Å². The second-order valence-electron chi connectivity index (χ2n) is 7.21. The van der Waals surface area contributed by atoms with Crippen molar-refractivity contribution in [1.82, 2.24) is 9.55 Å². The van der Waals surface area contributed by atoms with Gasteiger partial charge in [0.15, 0.2) is 0 Å². The smallest absolute Gasteiger partial charge is 0.334 e. The van der Waals surface area contributed by atoms with E-state index in [-0.39, 0.29) is 5.82 Å². The van der Waals surface area contributed by atoms with Crippen LogP contribution in [0.25, 0.3) is 38.2 Å². The number of nitrogens with zero attached hydrogens (tertiary/aromatic N) is 1. The van der Waals surface area contributed by atoms with E-state index in [0.717, 1.165) is 26.8 Å². The standard InChI is InChI=1S/C25H17FN2O3S/c1-31-20-7-3-6-19(13-20)28-24(29)22-21(14-32-23(22)27-25(28)30)17-5-2-4-16(12-17)15-8-10-18(26)11-9-15/h2-14H,1H3,(H,27,30). The molecule has 0 atom stereocenters. The molecular formula is C25H17FN2O3S. The van der Waals surface area contributed by atoms with Crippen LogP contribution >= 0.6 is 11.3 Å². The zero-order valence-electron chi connectivity index (χ0n) is 17.0. The first-order chi connectivity index (χ1) is 15.5. The number of thiophene rings is 1. The highest BCUT2D eigenvalue weighted by atomic mass is 32.1. The van der Waals surface area contributed by atoms with Crippen LogP contribution < -0.4 is 16.0 Å². The number of fused-ring (bicyclic) bond motifs is 1. The van der Waals surface area contributed by atoms with Gasteiger partial charge in [-0.2, -0.15) is 0 Å². The number of H-pyrrole nitrogens is 1. The molecule has 5 rings (SSSR count). The number of ether oxygens (including phenoxy) is 1. The summed E-state index contributed by atoms with van der Waals surface area (Å²) in [7, 11) is 1.53. The molecule has 158 valence electrons. The molecule has 7 heteroatoms. The lowest BCUT2D eigenvalue weighted by molar-refractivity contribution is 0.414. The van der Waals surface area contributed by atoms with Gasteiger partial charge < -0.3 is 4.74 Å². The predicted molar refractivity (Wildman–Crippen MR) is 125 cm³/mol. The topological polar surface area (TPSA) is 64.1 Å². The van der Waals surface area contributed by atoms with Crippen LogP contribution in [-0.4, -0.2) is 16.7 Å². The third-order valence-corrected chi connectivity index (χ3v) is 6.19. The molecule has 0 bridgehead atoms. The molecule has 0 aliphatic heterocycles. The minimum atomic E-state index is -0.510. The largest absolute Gasteiger partial charge is 0.497 e. The Kier molecular flexibility index (Phi) is 4.95. The zero-order valence-corrected chi connectivity index (χ0v) is 17.8. The number of rotatable bonds is 4. The first-order valence-electron chi connectivity index (χ1n) is 9.82. The molecule has 5 aromatic rings. The van der Waals surface area contributed by atoms with E-state index >= 15 is 0 Å². The zero-order chi connectivity index (χ0) is 22.2. The third-order valence-electron chi connectivity index (χ3n) is 5.29. The summed E-state index contributed by atoms with van der Waals surface area (Å²) in [5, 5.41) is 2.30. The molecule has 3 aromatic carbocycles. The molecule has 0 saturated heterocycles. The minimum Gasteiger partial charge on any atom is -0.497 e. The number of aromatic amines is 1. The summed E-state index contributed by atoms with van der Waals surface area (Å²) in [5.74, 6) is 0.252. The van der Waals surface area contributed by atoms with Crippen LogP contribution in [0.15, 0.2) is 87.8 Å². The first kappa shape index (κ1) is 20.0. The molecule has 0 aliphatic rings. The Bertz CT molecular complexity index is 1570. The van der Waals surface area contributed by atoms with Crippen LogP contribution in [0.1, 0.15) is 0 Å². The molecular weight excluding hydrogens is 427 g/mol. The Hall–Kier alpha value is -3.97. The Morgan fingerprint density at radius 3 is 2.44 bits per heavy atom. The molecule has 2 aromatic heterocycles. The second kappa shape index (κ2) is 7.94. The average molecular weight is 444 g/mol. The number of aromatic nitrogens is 2. The summed E-state index contributed by atoms with van der Waals surface area (Å²) >= 11 is 1.31. The highest BCUT2D eigenvalue weighted by Crippen LogP contribution is 2.33. The van der Waals surface area contributed by atoms with E-state index in [1.54, 1.807) is 36.4 Å². The van der Waals surface area contributed by atoms with Gasteiger partial charge in [0.1, 0.15) is 16.4 Å². The van der Waals surface area contributed by atoms with Gasteiger partial charge in [-0.1, -0.05) is 36.4 Å². The maximum atomic E-state index is 13.5. The van der Waals surface area contributed by atoms with Crippen LogP contribution in [0.3, 0.4) is 0 Å². The highest BCUT2D eigenvalue weighted by molar-refractivity contribution is 7.17. The van der Waals surface area contributed by atoms with Gasteiger partial charge in [-0.15, -0.1) is 11.3 Å². The van der Waals surface area contributed by atoms with Crippen molar-refractivity contribution in [3.05, 3.63) is 105 Å². The summed E-state index contributed by atoms with van der Waals surface area (Å²) in [6.45, 7) is 0. The minimum absolute atomic E-state index is 0.296. The van der Waals surface area contributed by atoms with E-state index in [9.17, 15) is 14.0 Å². The lowest BCUT2D eigenvalue weighted by Crippen LogP contribution is -2.33. The fraction of sp³-hybridized carbons (Fsp3) is 0.0400. The van der Waals surface area contributed by atoms with E-state index in [1.807, 2.05) is 29.6 Å². The van der Waals surface area contributed by atoms with E-state index in [0.29, 0.717) is 21.7 Å². The van der Waals surface area contributed by atoms with Crippen LogP contribution in [-0.2, 0) is 0 Å². The van der Waals surface area contributed by atoms with Crippen molar-refractivity contribution in [3.8, 4) is 33.7 Å². The van der Waals surface area contributed by atoms with Crippen LogP contribution in [0.2, 0.25) is 0 Å². The number of hydrogen-bond acceptors (Lipinski definition) is 4. The lowest BCUT2D eigenvalue weighted by Gasteiger charge is -2.08. The molecule has 1 N–H and O–H groups in total. The molecule has 5 nitrogen and oxygen atoms in total. The summed E-state index contributed by atoms with van der Waals surface area (Å²) in [4.78, 5) is 29.5. The number of benzene rings is 3. The van der Waals surface area contributed by atoms with Gasteiger partial charge in [-0.3, -0.25) is 9.78 Å². The van der Waals surface area contributed by atoms with E-state index in [2.05, 4.69) is 4.98 Å². The van der Waals surface area contributed by atoms with Crippen LogP contribution in [0, 0.1) is 5.82 Å². The van der Waals surface area contributed by atoms with Crippen molar-refractivity contribution in [2.24, 2.45) is 0 Å². The van der Waals surface area contributed by atoms with Gasteiger partial charge in [-0.25, -0.2) is 13.8 Å².